The van der Waals surface area contributed by atoms with Crippen molar-refractivity contribution in [2.24, 2.45) is 5.92 Å². The number of nitro groups is 1. The van der Waals surface area contributed by atoms with E-state index in [0.29, 0.717) is 19.0 Å². The van der Waals surface area contributed by atoms with Gasteiger partial charge in [0.25, 0.3) is 0 Å². The number of ether oxygens (including phenoxy) is 1. The largest absolute Gasteiger partial charge is 0.464 e. The number of methoxy groups -OCH3 is 1. The van der Waals surface area contributed by atoms with Gasteiger partial charge in [0.05, 0.1) is 12.0 Å². The standard InChI is InChI=1S/C13H19N3O4/c1-5-15(8-9(2)3)12-11(16(18)19)7-6-10(14-12)13(17)20-4/h6-7,9H,5,8H2,1-4H3. The Labute approximate surface area is 117 Å². The van der Waals surface area contributed by atoms with Crippen molar-refractivity contribution >= 4 is 17.5 Å². The van der Waals surface area contributed by atoms with Crippen LogP contribution < -0.4 is 4.90 Å². The number of carbonyl (C=O) groups is 1. The number of pyridine rings is 1. The van der Waals surface area contributed by atoms with Gasteiger partial charge in [0.15, 0.2) is 5.69 Å². The van der Waals surface area contributed by atoms with Gasteiger partial charge in [-0.25, -0.2) is 9.78 Å². The van der Waals surface area contributed by atoms with E-state index >= 15 is 0 Å². The summed E-state index contributed by atoms with van der Waals surface area (Å²) in [7, 11) is 1.25. The van der Waals surface area contributed by atoms with Crippen molar-refractivity contribution < 1.29 is 14.5 Å². The van der Waals surface area contributed by atoms with E-state index in [1.165, 1.54) is 19.2 Å². The van der Waals surface area contributed by atoms with Gasteiger partial charge in [0.1, 0.15) is 0 Å². The van der Waals surface area contributed by atoms with Crippen LogP contribution in [0.2, 0.25) is 0 Å². The van der Waals surface area contributed by atoms with E-state index in [2.05, 4.69) is 9.72 Å². The first-order valence-electron chi connectivity index (χ1n) is 6.39. The van der Waals surface area contributed by atoms with Crippen molar-refractivity contribution in [3.05, 3.63) is 27.9 Å². The Kier molecular flexibility index (Phi) is 5.42. The van der Waals surface area contributed by atoms with Crippen LogP contribution >= 0.6 is 0 Å². The van der Waals surface area contributed by atoms with Crippen LogP contribution in [-0.2, 0) is 4.74 Å². The van der Waals surface area contributed by atoms with Crippen LogP contribution in [0.4, 0.5) is 11.5 Å². The number of carbonyl (C=O) groups excluding carboxylic acids is 1. The monoisotopic (exact) mass is 281 g/mol. The quantitative estimate of drug-likeness (QED) is 0.451. The van der Waals surface area contributed by atoms with Gasteiger partial charge >= 0.3 is 11.7 Å². The molecule has 1 rings (SSSR count). The maximum atomic E-state index is 11.5. The summed E-state index contributed by atoms with van der Waals surface area (Å²) in [4.78, 5) is 28.0. The molecule has 0 bridgehead atoms. The molecule has 1 aromatic rings. The second-order valence-electron chi connectivity index (χ2n) is 4.72. The fourth-order valence-electron chi connectivity index (χ4n) is 1.84. The minimum Gasteiger partial charge on any atom is -0.464 e. The lowest BCUT2D eigenvalue weighted by Gasteiger charge is -2.23. The summed E-state index contributed by atoms with van der Waals surface area (Å²) in [5, 5.41) is 11.1. The molecule has 0 unspecified atom stereocenters. The number of hydrogen-bond donors (Lipinski definition) is 0. The zero-order chi connectivity index (χ0) is 15.3. The first-order chi connectivity index (χ1) is 9.40. The molecule has 7 heteroatoms. The van der Waals surface area contributed by atoms with Crippen LogP contribution in [0.3, 0.4) is 0 Å². The number of aromatic nitrogens is 1. The third-order valence-electron chi connectivity index (χ3n) is 2.71. The molecule has 7 nitrogen and oxygen atoms in total. The molecule has 1 heterocycles. The molecule has 0 aliphatic heterocycles. The van der Waals surface area contributed by atoms with Crippen molar-refractivity contribution in [2.45, 2.75) is 20.8 Å². The van der Waals surface area contributed by atoms with Crippen LogP contribution in [0.5, 0.6) is 0 Å². The summed E-state index contributed by atoms with van der Waals surface area (Å²) in [6.07, 6.45) is 0. The van der Waals surface area contributed by atoms with Gasteiger partial charge in [0, 0.05) is 19.2 Å². The third kappa shape index (κ3) is 3.66. The second-order valence-corrected chi connectivity index (χ2v) is 4.72. The van der Waals surface area contributed by atoms with E-state index in [1.54, 1.807) is 4.90 Å². The van der Waals surface area contributed by atoms with Gasteiger partial charge < -0.3 is 9.64 Å². The maximum Gasteiger partial charge on any atom is 0.356 e. The normalized spacial score (nSPS) is 10.4. The summed E-state index contributed by atoms with van der Waals surface area (Å²) in [5.74, 6) is -0.0889. The van der Waals surface area contributed by atoms with Crippen LogP contribution in [0, 0.1) is 16.0 Å². The molecule has 0 spiro atoms. The highest BCUT2D eigenvalue weighted by Gasteiger charge is 2.23. The molecule has 1 aromatic heterocycles. The lowest BCUT2D eigenvalue weighted by Crippen LogP contribution is -2.29. The smallest absolute Gasteiger partial charge is 0.356 e. The molecule has 0 saturated carbocycles. The Morgan fingerprint density at radius 3 is 2.60 bits per heavy atom. The predicted molar refractivity (Wildman–Crippen MR) is 75.0 cm³/mol. The molecule has 110 valence electrons. The van der Waals surface area contributed by atoms with Gasteiger partial charge in [-0.3, -0.25) is 10.1 Å². The van der Waals surface area contributed by atoms with Gasteiger partial charge in [-0.1, -0.05) is 13.8 Å². The fraction of sp³-hybridized carbons (Fsp3) is 0.538. The van der Waals surface area contributed by atoms with Gasteiger partial charge in [-0.2, -0.15) is 0 Å². The SMILES string of the molecule is CCN(CC(C)C)c1nc(C(=O)OC)ccc1[N+](=O)[O-]. The average Bonchev–Trinajstić information content (AvgIpc) is 2.42. The predicted octanol–water partition coefficient (Wildman–Crippen LogP) is 2.26. The zero-order valence-electron chi connectivity index (χ0n) is 12.1. The van der Waals surface area contributed by atoms with E-state index in [4.69, 9.17) is 0 Å². The Balaban J connectivity index is 3.29. The lowest BCUT2D eigenvalue weighted by atomic mass is 10.2. The molecule has 0 radical (unpaired) electrons. The molecule has 0 atom stereocenters. The first kappa shape index (κ1) is 15.9. The zero-order valence-corrected chi connectivity index (χ0v) is 12.1. The third-order valence-corrected chi connectivity index (χ3v) is 2.71. The minimum absolute atomic E-state index is 0.0651. The molecule has 0 amide bonds. The number of esters is 1. The highest BCUT2D eigenvalue weighted by Crippen LogP contribution is 2.27. The van der Waals surface area contributed by atoms with Crippen LogP contribution in [0.25, 0.3) is 0 Å². The minimum atomic E-state index is -0.609. The molecule has 0 saturated heterocycles. The van der Waals surface area contributed by atoms with Crippen molar-refractivity contribution in [1.29, 1.82) is 0 Å². The van der Waals surface area contributed by atoms with Gasteiger partial charge in [0.2, 0.25) is 5.82 Å². The molecule has 0 aromatic carbocycles. The lowest BCUT2D eigenvalue weighted by molar-refractivity contribution is -0.384. The summed E-state index contributed by atoms with van der Waals surface area (Å²) in [6.45, 7) is 7.10. The first-order valence-corrected chi connectivity index (χ1v) is 6.39. The van der Waals surface area contributed by atoms with Crippen molar-refractivity contribution in [2.75, 3.05) is 25.1 Å². The summed E-state index contributed by atoms with van der Waals surface area (Å²) in [6, 6.07) is 2.59. The molecule has 0 N–H and O–H groups in total. The number of rotatable bonds is 6. The number of nitrogens with zero attached hydrogens (tertiary/aromatic N) is 3. The fourth-order valence-corrected chi connectivity index (χ4v) is 1.84. The Bertz CT molecular complexity index is 502. The highest BCUT2D eigenvalue weighted by atomic mass is 16.6. The molecular formula is C13H19N3O4. The molecular weight excluding hydrogens is 262 g/mol. The topological polar surface area (TPSA) is 85.6 Å². The van der Waals surface area contributed by atoms with Crippen molar-refractivity contribution in [3.8, 4) is 0 Å². The summed E-state index contributed by atoms with van der Waals surface area (Å²) >= 11 is 0. The number of anilines is 1. The molecule has 0 aliphatic carbocycles. The van der Waals surface area contributed by atoms with Crippen LogP contribution in [-0.4, -0.2) is 36.1 Å². The molecule has 0 fully saturated rings. The van der Waals surface area contributed by atoms with Gasteiger partial charge in [-0.05, 0) is 18.9 Å². The van der Waals surface area contributed by atoms with E-state index < -0.39 is 10.9 Å². The van der Waals surface area contributed by atoms with Gasteiger partial charge in [-0.15, -0.1) is 0 Å². The Hall–Kier alpha value is -2.18. The van der Waals surface area contributed by atoms with Crippen molar-refractivity contribution in [1.82, 2.24) is 4.98 Å². The molecule has 20 heavy (non-hydrogen) atoms. The number of hydrogen-bond acceptors (Lipinski definition) is 6. The van der Waals surface area contributed by atoms with Crippen molar-refractivity contribution in [3.63, 3.8) is 0 Å². The van der Waals surface area contributed by atoms with E-state index in [1.807, 2.05) is 20.8 Å². The highest BCUT2D eigenvalue weighted by molar-refractivity contribution is 5.88. The molecule has 0 aliphatic rings. The van der Waals surface area contributed by atoms with E-state index in [9.17, 15) is 14.9 Å². The summed E-state index contributed by atoms with van der Waals surface area (Å²) < 4.78 is 4.60. The summed E-state index contributed by atoms with van der Waals surface area (Å²) in [5.41, 5.74) is -0.0459. The van der Waals surface area contributed by atoms with E-state index in [0.717, 1.165) is 0 Å². The Morgan fingerprint density at radius 2 is 2.15 bits per heavy atom. The van der Waals surface area contributed by atoms with Crippen LogP contribution in [0.15, 0.2) is 12.1 Å². The van der Waals surface area contributed by atoms with Crippen LogP contribution in [0.1, 0.15) is 31.3 Å². The average molecular weight is 281 g/mol. The second kappa shape index (κ2) is 6.83. The van der Waals surface area contributed by atoms with E-state index in [-0.39, 0.29) is 17.2 Å². The Morgan fingerprint density at radius 1 is 1.50 bits per heavy atom. The maximum absolute atomic E-state index is 11.5.